The molecule has 0 bridgehead atoms. The quantitative estimate of drug-likeness (QED) is 0.590. The van der Waals surface area contributed by atoms with E-state index >= 15 is 0 Å². The van der Waals surface area contributed by atoms with Gasteiger partial charge in [0.05, 0.1) is 6.20 Å². The van der Waals surface area contributed by atoms with Gasteiger partial charge in [-0.05, 0) is 6.07 Å². The first-order valence-corrected chi connectivity index (χ1v) is 4.43. The van der Waals surface area contributed by atoms with Gasteiger partial charge in [0.15, 0.2) is 5.65 Å². The van der Waals surface area contributed by atoms with E-state index in [1.807, 2.05) is 0 Å². The maximum atomic E-state index is 12.4. The van der Waals surface area contributed by atoms with E-state index in [2.05, 4.69) is 10.1 Å². The number of rotatable bonds is 1. The summed E-state index contributed by atoms with van der Waals surface area (Å²) in [5.41, 5.74) is -1.71. The molecule has 0 aliphatic carbocycles. The summed E-state index contributed by atoms with van der Waals surface area (Å²) in [5, 5.41) is 3.38. The molecule has 0 N–H and O–H groups in total. The monoisotopic (exact) mass is 270 g/mol. The van der Waals surface area contributed by atoms with Gasteiger partial charge in [-0.25, -0.2) is 9.50 Å². The highest BCUT2D eigenvalue weighted by Crippen LogP contribution is 2.39. The molecule has 98 valence electrons. The molecule has 2 rings (SSSR count). The zero-order valence-electron chi connectivity index (χ0n) is 8.37. The molecule has 2 aromatic rings. The number of hydrogen-bond acceptors (Lipinski definition) is 3. The van der Waals surface area contributed by atoms with Gasteiger partial charge in [0.1, 0.15) is 5.69 Å². The van der Waals surface area contributed by atoms with Crippen molar-refractivity contribution in [2.75, 3.05) is 4.90 Å². The highest BCUT2D eigenvalue weighted by atomic mass is 19.4. The minimum absolute atomic E-state index is 0.462. The highest BCUT2D eigenvalue weighted by Gasteiger charge is 2.55. The van der Waals surface area contributed by atoms with E-state index in [-0.39, 0.29) is 0 Å². The van der Waals surface area contributed by atoms with Crippen LogP contribution in [0.25, 0.3) is 5.65 Å². The van der Waals surface area contributed by atoms with Gasteiger partial charge in [0.25, 0.3) is 0 Å². The van der Waals surface area contributed by atoms with E-state index in [1.165, 1.54) is 12.3 Å². The van der Waals surface area contributed by atoms with Crippen molar-refractivity contribution in [1.82, 2.24) is 14.6 Å². The summed E-state index contributed by atoms with van der Waals surface area (Å²) in [6, 6.07) is 1.33. The van der Waals surface area contributed by atoms with Gasteiger partial charge >= 0.3 is 12.6 Å². The van der Waals surface area contributed by atoms with Crippen LogP contribution >= 0.6 is 0 Å². The molecule has 18 heavy (non-hydrogen) atoms. The Morgan fingerprint density at radius 3 is 2.22 bits per heavy atom. The number of hydrogen-bond donors (Lipinski definition) is 0. The second-order valence-corrected chi connectivity index (χ2v) is 3.19. The fraction of sp³-hybridized carbons (Fsp3) is 0.250. The lowest BCUT2D eigenvalue weighted by Crippen LogP contribution is -2.48. The Hall–Kier alpha value is -2.00. The number of fused-ring (bicyclic) bond motifs is 1. The Bertz CT molecular complexity index is 542. The summed E-state index contributed by atoms with van der Waals surface area (Å²) in [4.78, 5) is 1.82. The Balaban J connectivity index is 2.63. The van der Waals surface area contributed by atoms with Gasteiger partial charge in [-0.2, -0.15) is 10.00 Å². The predicted octanol–water partition coefficient (Wildman–Crippen LogP) is 2.58. The van der Waals surface area contributed by atoms with Crippen LogP contribution in [0.4, 0.5) is 32.0 Å². The predicted molar refractivity (Wildman–Crippen MR) is 47.6 cm³/mol. The first-order chi connectivity index (χ1) is 8.21. The third-order valence-corrected chi connectivity index (χ3v) is 2.01. The molecule has 0 amide bonds. The highest BCUT2D eigenvalue weighted by molar-refractivity contribution is 5.68. The maximum Gasteiger partial charge on any atom is 0.491 e. The van der Waals surface area contributed by atoms with Gasteiger partial charge in [-0.3, -0.25) is 0 Å². The lowest BCUT2D eigenvalue weighted by atomic mass is 10.4. The Morgan fingerprint density at radius 2 is 1.67 bits per heavy atom. The Labute approximate surface area is 95.4 Å². The third-order valence-electron chi connectivity index (χ3n) is 2.01. The standard InChI is InChI=1S/C8H4F6N4/c9-7(10,11)18(8(12,13)14)5-4-16-17-3-1-2-15-6(5)17/h1-4H. The van der Waals surface area contributed by atoms with Crippen LogP contribution < -0.4 is 4.90 Å². The summed E-state index contributed by atoms with van der Waals surface area (Å²) in [6.45, 7) is 0. The molecule has 2 aromatic heterocycles. The van der Waals surface area contributed by atoms with Crippen LogP contribution in [-0.2, 0) is 0 Å². The van der Waals surface area contributed by atoms with Gasteiger partial charge in [-0.15, -0.1) is 26.3 Å². The molecule has 0 unspecified atom stereocenters. The van der Waals surface area contributed by atoms with Crippen LogP contribution in [0.2, 0.25) is 0 Å². The SMILES string of the molecule is FC(F)(F)N(c1cnn2cccnc12)C(F)(F)F. The van der Waals surface area contributed by atoms with E-state index < -0.39 is 28.8 Å². The molecule has 0 spiro atoms. The fourth-order valence-corrected chi connectivity index (χ4v) is 1.39. The summed E-state index contributed by atoms with van der Waals surface area (Å²) >= 11 is 0. The van der Waals surface area contributed by atoms with Crippen LogP contribution in [0.15, 0.2) is 24.7 Å². The average molecular weight is 270 g/mol. The largest absolute Gasteiger partial charge is 0.491 e. The molecule has 0 aliphatic rings. The number of halogens is 6. The second kappa shape index (κ2) is 3.75. The van der Waals surface area contributed by atoms with E-state index in [1.54, 1.807) is 0 Å². The van der Waals surface area contributed by atoms with Crippen molar-refractivity contribution in [3.63, 3.8) is 0 Å². The lowest BCUT2D eigenvalue weighted by Gasteiger charge is -2.27. The molecule has 0 saturated heterocycles. The van der Waals surface area contributed by atoms with E-state index in [9.17, 15) is 26.3 Å². The molecule has 0 saturated carbocycles. The average Bonchev–Trinajstić information content (AvgIpc) is 2.58. The Kier molecular flexibility index (Phi) is 2.60. The first kappa shape index (κ1) is 12.5. The molecular weight excluding hydrogens is 266 g/mol. The zero-order chi connectivity index (χ0) is 13.6. The number of aromatic nitrogens is 3. The normalized spacial score (nSPS) is 13.0. The molecule has 4 nitrogen and oxygen atoms in total. The van der Waals surface area contributed by atoms with Crippen molar-refractivity contribution < 1.29 is 26.3 Å². The zero-order valence-corrected chi connectivity index (χ0v) is 8.37. The van der Waals surface area contributed by atoms with Crippen molar-refractivity contribution in [2.45, 2.75) is 12.6 Å². The van der Waals surface area contributed by atoms with Crippen LogP contribution in [0.1, 0.15) is 0 Å². The number of anilines is 1. The van der Waals surface area contributed by atoms with Crippen LogP contribution in [0.5, 0.6) is 0 Å². The summed E-state index contributed by atoms with van der Waals surface area (Å²) in [5.74, 6) is 0. The van der Waals surface area contributed by atoms with Crippen LogP contribution in [-0.4, -0.2) is 27.2 Å². The fourth-order valence-electron chi connectivity index (χ4n) is 1.39. The number of alkyl halides is 6. The van der Waals surface area contributed by atoms with E-state index in [0.717, 1.165) is 10.7 Å². The first-order valence-electron chi connectivity index (χ1n) is 4.43. The molecule has 0 radical (unpaired) electrons. The van der Waals surface area contributed by atoms with E-state index in [4.69, 9.17) is 0 Å². The van der Waals surface area contributed by atoms with Gasteiger partial charge in [0, 0.05) is 12.4 Å². The molecule has 10 heteroatoms. The smallest absolute Gasteiger partial charge is 0.235 e. The van der Waals surface area contributed by atoms with Crippen molar-refractivity contribution in [2.24, 2.45) is 0 Å². The van der Waals surface area contributed by atoms with Gasteiger partial charge < -0.3 is 0 Å². The topological polar surface area (TPSA) is 33.4 Å². The second-order valence-electron chi connectivity index (χ2n) is 3.19. The van der Waals surface area contributed by atoms with Gasteiger partial charge in [-0.1, -0.05) is 0 Å². The minimum Gasteiger partial charge on any atom is -0.235 e. The van der Waals surface area contributed by atoms with Crippen LogP contribution in [0, 0.1) is 0 Å². The minimum atomic E-state index is -5.61. The summed E-state index contributed by atoms with van der Waals surface area (Å²) < 4.78 is 75.5. The van der Waals surface area contributed by atoms with Crippen LogP contribution in [0.3, 0.4) is 0 Å². The molecular formula is C8H4F6N4. The molecule has 0 aliphatic heterocycles. The van der Waals surface area contributed by atoms with E-state index in [0.29, 0.717) is 6.20 Å². The summed E-state index contributed by atoms with van der Waals surface area (Å²) in [7, 11) is 0. The summed E-state index contributed by atoms with van der Waals surface area (Å²) in [6.07, 6.45) is -8.50. The molecule has 0 atom stereocenters. The van der Waals surface area contributed by atoms with Crippen molar-refractivity contribution in [3.05, 3.63) is 24.7 Å². The van der Waals surface area contributed by atoms with Crippen molar-refractivity contribution in [3.8, 4) is 0 Å². The third kappa shape index (κ3) is 2.05. The molecule has 0 aromatic carbocycles. The lowest BCUT2D eigenvalue weighted by molar-refractivity contribution is -0.226. The van der Waals surface area contributed by atoms with Gasteiger partial charge in [0.2, 0.25) is 0 Å². The Morgan fingerprint density at radius 1 is 1.06 bits per heavy atom. The maximum absolute atomic E-state index is 12.4. The molecule has 0 fully saturated rings. The molecule has 2 heterocycles. The number of nitrogens with zero attached hydrogens (tertiary/aromatic N) is 4. The van der Waals surface area contributed by atoms with Crippen molar-refractivity contribution in [1.29, 1.82) is 0 Å². The van der Waals surface area contributed by atoms with Crippen molar-refractivity contribution >= 4 is 11.3 Å².